The van der Waals surface area contributed by atoms with Crippen LogP contribution in [0, 0.1) is 31.4 Å². The summed E-state index contributed by atoms with van der Waals surface area (Å²) in [7, 11) is 0. The summed E-state index contributed by atoms with van der Waals surface area (Å²) in [6.07, 6.45) is 0. The molecule has 0 aromatic heterocycles. The zero-order valence-electron chi connectivity index (χ0n) is 22.2. The quantitative estimate of drug-likeness (QED) is 0.561. The van der Waals surface area contributed by atoms with Gasteiger partial charge in [-0.2, -0.15) is 0 Å². The highest BCUT2D eigenvalue weighted by atomic mass is 19.1. The lowest BCUT2D eigenvalue weighted by Gasteiger charge is -2.38. The molecule has 2 aromatic rings. The molecule has 0 spiro atoms. The number of piperazine rings is 1. The maximum atomic E-state index is 14.8. The Morgan fingerprint density at radius 1 is 0.917 bits per heavy atom. The first-order valence-electron chi connectivity index (χ1n) is 12.7. The number of ketones is 1. The summed E-state index contributed by atoms with van der Waals surface area (Å²) in [4.78, 5) is 32.3. The molecule has 2 heterocycles. The van der Waals surface area contributed by atoms with Gasteiger partial charge in [0.1, 0.15) is 11.6 Å². The van der Waals surface area contributed by atoms with Gasteiger partial charge < -0.3 is 9.80 Å². The normalized spacial score (nSPS) is 21.2. The van der Waals surface area contributed by atoms with E-state index in [2.05, 4.69) is 36.6 Å². The largest absolute Gasteiger partial charge is 0.367 e. The fraction of sp³-hybridized carbons (Fsp3) is 0.517. The molecule has 1 amide bonds. The number of halogens is 2. The van der Waals surface area contributed by atoms with Crippen LogP contribution in [0.2, 0.25) is 0 Å². The minimum absolute atomic E-state index is 0.0157. The third-order valence-electron chi connectivity index (χ3n) is 7.87. The Bertz CT molecular complexity index is 1170. The number of aryl methyl sites for hydroxylation is 2. The lowest BCUT2D eigenvalue weighted by atomic mass is 9.87. The maximum Gasteiger partial charge on any atom is 0.227 e. The van der Waals surface area contributed by atoms with Gasteiger partial charge in [-0.25, -0.2) is 8.78 Å². The van der Waals surface area contributed by atoms with Gasteiger partial charge in [-0.15, -0.1) is 0 Å². The van der Waals surface area contributed by atoms with Gasteiger partial charge in [-0.05, 0) is 76.4 Å². The molecule has 0 radical (unpaired) electrons. The number of benzene rings is 2. The van der Waals surface area contributed by atoms with Crippen LogP contribution in [0.5, 0.6) is 0 Å². The Morgan fingerprint density at radius 2 is 1.56 bits per heavy atom. The highest BCUT2D eigenvalue weighted by molar-refractivity contribution is 6.00. The average Bonchev–Trinajstić information content (AvgIpc) is 3.26. The zero-order chi connectivity index (χ0) is 26.4. The van der Waals surface area contributed by atoms with Crippen LogP contribution in [0.1, 0.15) is 60.7 Å². The number of nitrogens with zero attached hydrogens (tertiary/aromatic N) is 3. The zero-order valence-corrected chi connectivity index (χ0v) is 22.2. The van der Waals surface area contributed by atoms with Gasteiger partial charge in [0.2, 0.25) is 5.91 Å². The number of likely N-dealkylation sites (tertiary alicyclic amines) is 1. The van der Waals surface area contributed by atoms with Gasteiger partial charge in [0.05, 0.1) is 5.92 Å². The van der Waals surface area contributed by atoms with Gasteiger partial charge in [0.25, 0.3) is 0 Å². The minimum atomic E-state index is -0.614. The highest BCUT2D eigenvalue weighted by Gasteiger charge is 2.44. The first-order valence-corrected chi connectivity index (χ1v) is 12.7. The van der Waals surface area contributed by atoms with E-state index in [1.807, 2.05) is 24.8 Å². The van der Waals surface area contributed by atoms with Gasteiger partial charge in [0, 0.05) is 68.0 Å². The fourth-order valence-electron chi connectivity index (χ4n) is 5.47. The number of rotatable bonds is 4. The summed E-state index contributed by atoms with van der Waals surface area (Å²) in [5.41, 5.74) is 4.08. The number of carbonyl (C=O) groups excluding carboxylic acids is 2. The second kappa shape index (κ2) is 9.92. The summed E-state index contributed by atoms with van der Waals surface area (Å²) in [5, 5.41) is 0. The Morgan fingerprint density at radius 3 is 2.14 bits per heavy atom. The van der Waals surface area contributed by atoms with Crippen LogP contribution < -0.4 is 4.90 Å². The Hall–Kier alpha value is -2.80. The molecule has 0 saturated carbocycles. The molecule has 0 aliphatic carbocycles. The summed E-state index contributed by atoms with van der Waals surface area (Å²) in [5.74, 6) is -1.89. The van der Waals surface area contributed by atoms with Crippen molar-refractivity contribution in [3.8, 4) is 0 Å². The van der Waals surface area contributed by atoms with Crippen LogP contribution in [-0.4, -0.2) is 66.3 Å². The standard InChI is InChI=1S/C29H37F2N3O2/c1-18-13-23(20(3)35)27(14-19(18)2)32-9-11-33(12-10-32)28(36)25-17-34(29(4,5)6)16-24(25)22-8-7-21(30)15-26(22)31/h7-8,13-15,24-25H,9-12,16-17H2,1-6H3/t24-,25?/m0/s1. The second-order valence-electron chi connectivity index (χ2n) is 11.3. The molecule has 0 bridgehead atoms. The number of amides is 1. The Balaban J connectivity index is 1.54. The van der Waals surface area contributed by atoms with E-state index >= 15 is 0 Å². The molecule has 2 saturated heterocycles. The van der Waals surface area contributed by atoms with Crippen LogP contribution in [0.25, 0.3) is 0 Å². The highest BCUT2D eigenvalue weighted by Crippen LogP contribution is 2.39. The third-order valence-corrected chi connectivity index (χ3v) is 7.87. The molecular formula is C29H37F2N3O2. The smallest absolute Gasteiger partial charge is 0.227 e. The topological polar surface area (TPSA) is 43.9 Å². The molecule has 4 rings (SSSR count). The molecule has 2 aliphatic rings. The van der Waals surface area contributed by atoms with Gasteiger partial charge in [-0.1, -0.05) is 6.07 Å². The van der Waals surface area contributed by atoms with Crippen molar-refractivity contribution < 1.29 is 18.4 Å². The van der Waals surface area contributed by atoms with Crippen molar-refractivity contribution in [1.82, 2.24) is 9.80 Å². The average molecular weight is 498 g/mol. The maximum absolute atomic E-state index is 14.8. The third kappa shape index (κ3) is 5.17. The fourth-order valence-corrected chi connectivity index (χ4v) is 5.47. The minimum Gasteiger partial charge on any atom is -0.367 e. The predicted octanol–water partition coefficient (Wildman–Crippen LogP) is 4.95. The Kier molecular flexibility index (Phi) is 7.24. The van der Waals surface area contributed by atoms with Crippen molar-refractivity contribution in [3.63, 3.8) is 0 Å². The van der Waals surface area contributed by atoms with Crippen LogP contribution >= 0.6 is 0 Å². The first-order chi connectivity index (χ1) is 16.9. The molecule has 2 aromatic carbocycles. The number of hydrogen-bond acceptors (Lipinski definition) is 4. The van der Waals surface area contributed by atoms with Crippen molar-refractivity contribution in [1.29, 1.82) is 0 Å². The van der Waals surface area contributed by atoms with Crippen molar-refractivity contribution >= 4 is 17.4 Å². The number of Topliss-reactive ketones (excluding diaryl/α,β-unsaturated/α-hetero) is 1. The van der Waals surface area contributed by atoms with E-state index in [0.717, 1.165) is 22.9 Å². The summed E-state index contributed by atoms with van der Waals surface area (Å²) in [6.45, 7) is 15.3. The van der Waals surface area contributed by atoms with Crippen LogP contribution in [0.4, 0.5) is 14.5 Å². The molecule has 0 N–H and O–H groups in total. The second-order valence-corrected chi connectivity index (χ2v) is 11.3. The van der Waals surface area contributed by atoms with E-state index in [9.17, 15) is 18.4 Å². The summed E-state index contributed by atoms with van der Waals surface area (Å²) in [6, 6.07) is 7.68. The van der Waals surface area contributed by atoms with Gasteiger partial charge in [-0.3, -0.25) is 14.5 Å². The molecule has 7 heteroatoms. The van der Waals surface area contributed by atoms with Crippen molar-refractivity contribution in [2.24, 2.45) is 5.92 Å². The molecule has 2 atom stereocenters. The molecule has 2 aliphatic heterocycles. The van der Waals surface area contributed by atoms with Crippen molar-refractivity contribution in [2.75, 3.05) is 44.2 Å². The van der Waals surface area contributed by atoms with Gasteiger partial charge in [0.15, 0.2) is 5.78 Å². The molecule has 5 nitrogen and oxygen atoms in total. The van der Waals surface area contributed by atoms with Gasteiger partial charge >= 0.3 is 0 Å². The monoisotopic (exact) mass is 497 g/mol. The van der Waals surface area contributed by atoms with Crippen molar-refractivity contribution in [3.05, 3.63) is 64.2 Å². The Labute approximate surface area is 213 Å². The molecule has 36 heavy (non-hydrogen) atoms. The number of hydrogen-bond donors (Lipinski definition) is 0. The SMILES string of the molecule is CC(=O)c1cc(C)c(C)cc1N1CCN(C(=O)C2CN(C(C)(C)C)C[C@H]2c2ccc(F)cc2F)CC1. The van der Waals surface area contributed by atoms with Crippen LogP contribution in [0.3, 0.4) is 0 Å². The number of anilines is 1. The first kappa shape index (κ1) is 26.3. The van der Waals surface area contributed by atoms with E-state index in [1.54, 1.807) is 6.92 Å². The lowest BCUT2D eigenvalue weighted by molar-refractivity contribution is -0.136. The van der Waals surface area contributed by atoms with Crippen LogP contribution in [0.15, 0.2) is 30.3 Å². The lowest BCUT2D eigenvalue weighted by Crippen LogP contribution is -2.51. The summed E-state index contributed by atoms with van der Waals surface area (Å²) >= 11 is 0. The number of carbonyl (C=O) groups is 2. The van der Waals surface area contributed by atoms with E-state index < -0.39 is 17.6 Å². The molecule has 194 valence electrons. The molecule has 1 unspecified atom stereocenters. The molecule has 2 fully saturated rings. The van der Waals surface area contributed by atoms with Crippen molar-refractivity contribution in [2.45, 2.75) is 53.0 Å². The summed E-state index contributed by atoms with van der Waals surface area (Å²) < 4.78 is 28.4. The van der Waals surface area contributed by atoms with E-state index in [1.165, 1.54) is 12.1 Å². The van der Waals surface area contributed by atoms with E-state index in [0.29, 0.717) is 50.4 Å². The van der Waals surface area contributed by atoms with E-state index in [-0.39, 0.29) is 23.1 Å². The molecular weight excluding hydrogens is 460 g/mol. The predicted molar refractivity (Wildman–Crippen MR) is 139 cm³/mol. The van der Waals surface area contributed by atoms with E-state index in [4.69, 9.17) is 0 Å². The van der Waals surface area contributed by atoms with Crippen LogP contribution in [-0.2, 0) is 4.79 Å².